The maximum atomic E-state index is 5.88. The van der Waals surface area contributed by atoms with Gasteiger partial charge >= 0.3 is 0 Å². The molecule has 0 radical (unpaired) electrons. The number of pyridine rings is 2. The molecule has 0 aliphatic carbocycles. The van der Waals surface area contributed by atoms with Crippen molar-refractivity contribution in [1.82, 2.24) is 24.2 Å². The minimum atomic E-state index is 0.181. The van der Waals surface area contributed by atoms with Crippen LogP contribution in [0.1, 0.15) is 41.9 Å². The number of piperidine rings is 1. The van der Waals surface area contributed by atoms with Crippen LogP contribution in [0.5, 0.6) is 0 Å². The smallest absolute Gasteiger partial charge is 0.138 e. The normalized spacial score (nSPS) is 25.5. The van der Waals surface area contributed by atoms with Crippen molar-refractivity contribution in [2.45, 2.75) is 38.0 Å². The van der Waals surface area contributed by atoms with Crippen LogP contribution >= 0.6 is 0 Å². The van der Waals surface area contributed by atoms with E-state index >= 15 is 0 Å². The predicted molar refractivity (Wildman–Crippen MR) is 127 cm³/mol. The van der Waals surface area contributed by atoms with Crippen LogP contribution in [0.3, 0.4) is 0 Å². The number of fused-ring (bicyclic) bond motifs is 1. The van der Waals surface area contributed by atoms with Crippen molar-refractivity contribution in [2.24, 2.45) is 0 Å². The molecule has 3 aromatic rings. The number of imidazole rings is 1. The molecule has 0 aromatic carbocycles. The van der Waals surface area contributed by atoms with Gasteiger partial charge in [0.05, 0.1) is 29.6 Å². The maximum Gasteiger partial charge on any atom is 0.138 e. The lowest BCUT2D eigenvalue weighted by molar-refractivity contribution is -0.0145. The van der Waals surface area contributed by atoms with E-state index in [0.29, 0.717) is 0 Å². The van der Waals surface area contributed by atoms with Crippen LogP contribution in [0.25, 0.3) is 5.65 Å². The minimum absolute atomic E-state index is 0.181. The van der Waals surface area contributed by atoms with Gasteiger partial charge in [-0.2, -0.15) is 0 Å². The number of rotatable bonds is 4. The standard InChI is InChI=1S/C25H34N6O/c1-18-7-6-10-26-25(18)22-16-19(32-4)15-21(29(22)3)20-17-31-23(27-20)8-5-9-24(31)30-13-11-28(2)12-14-30/h5-10,17,19,21-22H,11-16H2,1-4H3/t19-,21+,22-/m0/s1. The summed E-state index contributed by atoms with van der Waals surface area (Å²) in [7, 11) is 6.23. The highest BCUT2D eigenvalue weighted by molar-refractivity contribution is 5.53. The monoisotopic (exact) mass is 434 g/mol. The molecule has 7 nitrogen and oxygen atoms in total. The zero-order valence-corrected chi connectivity index (χ0v) is 19.6. The summed E-state index contributed by atoms with van der Waals surface area (Å²) in [6, 6.07) is 11.0. The summed E-state index contributed by atoms with van der Waals surface area (Å²) in [5, 5.41) is 0. The first-order valence-electron chi connectivity index (χ1n) is 11.6. The van der Waals surface area contributed by atoms with Crippen LogP contribution in [0.15, 0.2) is 42.7 Å². The van der Waals surface area contributed by atoms with E-state index in [2.05, 4.69) is 70.6 Å². The Kier molecular flexibility index (Phi) is 5.88. The fourth-order valence-electron chi connectivity index (χ4n) is 5.29. The van der Waals surface area contributed by atoms with Gasteiger partial charge in [-0.05, 0) is 57.6 Å². The van der Waals surface area contributed by atoms with Crippen molar-refractivity contribution in [3.8, 4) is 0 Å². The molecule has 2 aliphatic rings. The van der Waals surface area contributed by atoms with Crippen molar-refractivity contribution >= 4 is 11.5 Å². The third-order valence-electron chi connectivity index (χ3n) is 7.31. The lowest BCUT2D eigenvalue weighted by atomic mass is 9.89. The van der Waals surface area contributed by atoms with E-state index in [1.807, 2.05) is 19.4 Å². The van der Waals surface area contributed by atoms with Crippen LogP contribution in [-0.2, 0) is 4.74 Å². The molecule has 5 rings (SSSR count). The molecule has 170 valence electrons. The number of hydrogen-bond donors (Lipinski definition) is 0. The molecule has 0 bridgehead atoms. The van der Waals surface area contributed by atoms with Gasteiger partial charge in [-0.15, -0.1) is 0 Å². The number of piperazine rings is 1. The molecule has 0 amide bonds. The van der Waals surface area contributed by atoms with Gasteiger partial charge in [-0.3, -0.25) is 14.3 Å². The highest BCUT2D eigenvalue weighted by Gasteiger charge is 2.37. The van der Waals surface area contributed by atoms with Gasteiger partial charge in [0.1, 0.15) is 11.5 Å². The molecule has 3 atom stereocenters. The Labute approximate surface area is 190 Å². The summed E-state index contributed by atoms with van der Waals surface area (Å²) < 4.78 is 8.15. The number of hydrogen-bond acceptors (Lipinski definition) is 6. The van der Waals surface area contributed by atoms with E-state index in [-0.39, 0.29) is 18.2 Å². The first-order valence-corrected chi connectivity index (χ1v) is 11.6. The zero-order chi connectivity index (χ0) is 22.2. The Morgan fingerprint density at radius 1 is 0.969 bits per heavy atom. The van der Waals surface area contributed by atoms with Crippen LogP contribution in [0, 0.1) is 6.92 Å². The lowest BCUT2D eigenvalue weighted by Crippen LogP contribution is -2.45. The Hall–Kier alpha value is -2.48. The van der Waals surface area contributed by atoms with Gasteiger partial charge in [0.2, 0.25) is 0 Å². The number of aryl methyl sites for hydroxylation is 1. The molecule has 7 heteroatoms. The predicted octanol–water partition coefficient (Wildman–Crippen LogP) is 3.31. The minimum Gasteiger partial charge on any atom is -0.381 e. The Morgan fingerprint density at radius 3 is 2.50 bits per heavy atom. The number of likely N-dealkylation sites (N-methyl/N-ethyl adjacent to an activating group) is 1. The molecule has 32 heavy (non-hydrogen) atoms. The number of methoxy groups -OCH3 is 1. The molecule has 2 aliphatic heterocycles. The van der Waals surface area contributed by atoms with Crippen LogP contribution in [0.2, 0.25) is 0 Å². The van der Waals surface area contributed by atoms with Crippen LogP contribution < -0.4 is 4.90 Å². The van der Waals surface area contributed by atoms with Gasteiger partial charge in [0.25, 0.3) is 0 Å². The third kappa shape index (κ3) is 3.89. The Balaban J connectivity index is 1.49. The van der Waals surface area contributed by atoms with Gasteiger partial charge in [-0.1, -0.05) is 12.1 Å². The first-order chi connectivity index (χ1) is 15.5. The third-order valence-corrected chi connectivity index (χ3v) is 7.31. The maximum absolute atomic E-state index is 5.88. The number of nitrogens with zero attached hydrogens (tertiary/aromatic N) is 6. The first kappa shape index (κ1) is 21.4. The molecule has 2 saturated heterocycles. The summed E-state index contributed by atoms with van der Waals surface area (Å²) in [5.41, 5.74) is 4.49. The summed E-state index contributed by atoms with van der Waals surface area (Å²) >= 11 is 0. The van der Waals surface area contributed by atoms with Gasteiger partial charge in [-0.25, -0.2) is 4.98 Å². The van der Waals surface area contributed by atoms with E-state index in [1.54, 1.807) is 0 Å². The molecular formula is C25H34N6O. The quantitative estimate of drug-likeness (QED) is 0.628. The lowest BCUT2D eigenvalue weighted by Gasteiger charge is -2.42. The Bertz CT molecular complexity index is 1070. The fourth-order valence-corrected chi connectivity index (χ4v) is 5.29. The molecule has 2 fully saturated rings. The Morgan fingerprint density at radius 2 is 1.75 bits per heavy atom. The van der Waals surface area contributed by atoms with E-state index in [1.165, 1.54) is 11.4 Å². The van der Waals surface area contributed by atoms with Gasteiger partial charge in [0.15, 0.2) is 0 Å². The molecule has 0 N–H and O–H groups in total. The second kappa shape index (κ2) is 8.81. The van der Waals surface area contributed by atoms with E-state index in [0.717, 1.165) is 56.1 Å². The van der Waals surface area contributed by atoms with Crippen LogP contribution in [0.4, 0.5) is 5.82 Å². The van der Waals surface area contributed by atoms with Crippen molar-refractivity contribution in [1.29, 1.82) is 0 Å². The molecule has 5 heterocycles. The fraction of sp³-hybridized carbons (Fsp3) is 0.520. The van der Waals surface area contributed by atoms with Crippen LogP contribution in [-0.4, -0.2) is 77.7 Å². The summed E-state index contributed by atoms with van der Waals surface area (Å²) in [5.74, 6) is 1.23. The second-order valence-corrected chi connectivity index (χ2v) is 9.30. The summed E-state index contributed by atoms with van der Waals surface area (Å²) in [6.07, 6.45) is 6.20. The molecule has 3 aromatic heterocycles. The zero-order valence-electron chi connectivity index (χ0n) is 19.6. The number of likely N-dealkylation sites (tertiary alicyclic amines) is 1. The van der Waals surface area contributed by atoms with Crippen molar-refractivity contribution < 1.29 is 4.74 Å². The van der Waals surface area contributed by atoms with E-state index in [9.17, 15) is 0 Å². The van der Waals surface area contributed by atoms with E-state index < -0.39 is 0 Å². The van der Waals surface area contributed by atoms with Crippen molar-refractivity contribution in [3.63, 3.8) is 0 Å². The second-order valence-electron chi connectivity index (χ2n) is 9.30. The molecule has 0 saturated carbocycles. The summed E-state index contributed by atoms with van der Waals surface area (Å²) in [4.78, 5) is 17.1. The van der Waals surface area contributed by atoms with Gasteiger partial charge < -0.3 is 14.5 Å². The number of ether oxygens (including phenoxy) is 1. The number of aromatic nitrogens is 3. The molecule has 0 unspecified atom stereocenters. The average molecular weight is 435 g/mol. The largest absolute Gasteiger partial charge is 0.381 e. The number of anilines is 1. The van der Waals surface area contributed by atoms with Crippen molar-refractivity contribution in [3.05, 3.63) is 59.7 Å². The molecular weight excluding hydrogens is 400 g/mol. The SMILES string of the molecule is CO[C@H]1C[C@H](c2cn3c(N4CCN(C)CC4)cccc3n2)N(C)[C@H](c2ncccc2C)C1. The molecule has 0 spiro atoms. The average Bonchev–Trinajstić information content (AvgIpc) is 3.25. The topological polar surface area (TPSA) is 49.1 Å². The van der Waals surface area contributed by atoms with Crippen molar-refractivity contribution in [2.75, 3.05) is 52.3 Å². The highest BCUT2D eigenvalue weighted by Crippen LogP contribution is 2.41. The van der Waals surface area contributed by atoms with Gasteiger partial charge in [0, 0.05) is 45.7 Å². The summed E-state index contributed by atoms with van der Waals surface area (Å²) in [6.45, 7) is 6.40. The highest BCUT2D eigenvalue weighted by atomic mass is 16.5. The van der Waals surface area contributed by atoms with E-state index in [4.69, 9.17) is 14.7 Å².